The number of hydrogen-bond acceptors (Lipinski definition) is 9. The van der Waals surface area contributed by atoms with Gasteiger partial charge in [0.15, 0.2) is 0 Å². The minimum atomic E-state index is -0.518. The number of pyridine rings is 6. The van der Waals surface area contributed by atoms with Gasteiger partial charge in [-0.25, -0.2) is 15.0 Å². The molecule has 0 aliphatic carbocycles. The second-order valence-electron chi connectivity index (χ2n) is 12.2. The van der Waals surface area contributed by atoms with Gasteiger partial charge in [0.25, 0.3) is 5.91 Å². The Balaban J connectivity index is 0.000000160. The van der Waals surface area contributed by atoms with Crippen molar-refractivity contribution in [3.05, 3.63) is 176 Å². The molecule has 0 radical (unpaired) electrons. The first kappa shape index (κ1) is 34.1. The fraction of sp³-hybridized carbons (Fsp3) is 0.0233. The standard InChI is InChI=1S/C25H17N5O.C18H13N5O/c26-14-20-15-28-23-12-11-19(16-30(20)23)21-8-5-13-27-25(21)22-9-4-10-24(29-22)31-17-18-6-2-1-3-7-18;19-18(24)15-10-22-16-7-6-12(11-23(15)16)13-4-3-9-21-17(13)14-5-1-2-8-20-14/h1-13,15-16H,17H2;1-11H,(H2,19,24). The van der Waals surface area contributed by atoms with E-state index in [1.54, 1.807) is 33.6 Å². The summed E-state index contributed by atoms with van der Waals surface area (Å²) in [6, 6.07) is 38.9. The van der Waals surface area contributed by atoms with E-state index in [1.165, 1.54) is 6.20 Å². The lowest BCUT2D eigenvalue weighted by atomic mass is 10.0. The Morgan fingerprint density at radius 3 is 1.96 bits per heavy atom. The van der Waals surface area contributed by atoms with Crippen molar-refractivity contribution in [3.63, 3.8) is 0 Å². The molecule has 9 aromatic rings. The van der Waals surface area contributed by atoms with Gasteiger partial charge in [-0.2, -0.15) is 5.26 Å². The molecule has 2 N–H and O–H groups in total. The number of hydrogen-bond donors (Lipinski definition) is 1. The molecule has 1 amide bonds. The zero-order valence-corrected chi connectivity index (χ0v) is 29.1. The van der Waals surface area contributed by atoms with E-state index in [0.29, 0.717) is 35.2 Å². The normalized spacial score (nSPS) is 10.7. The van der Waals surface area contributed by atoms with Crippen LogP contribution >= 0.6 is 0 Å². The maximum atomic E-state index is 11.6. The van der Waals surface area contributed by atoms with Crippen LogP contribution in [0, 0.1) is 11.3 Å². The molecule has 1 aromatic carbocycles. The highest BCUT2D eigenvalue weighted by atomic mass is 16.5. The molecule has 0 aliphatic heterocycles. The van der Waals surface area contributed by atoms with Gasteiger partial charge in [-0.15, -0.1) is 0 Å². The lowest BCUT2D eigenvalue weighted by Gasteiger charge is -2.11. The molecule has 0 spiro atoms. The molecule has 9 rings (SSSR count). The summed E-state index contributed by atoms with van der Waals surface area (Å²) in [5.41, 5.74) is 15.4. The van der Waals surface area contributed by atoms with E-state index in [0.717, 1.165) is 50.5 Å². The van der Waals surface area contributed by atoms with E-state index in [4.69, 9.17) is 10.5 Å². The van der Waals surface area contributed by atoms with Crippen LogP contribution in [0.15, 0.2) is 159 Å². The summed E-state index contributed by atoms with van der Waals surface area (Å²) < 4.78 is 9.35. The number of ether oxygens (including phenoxy) is 1. The maximum Gasteiger partial charge on any atom is 0.267 e. The number of amides is 1. The van der Waals surface area contributed by atoms with E-state index in [-0.39, 0.29) is 0 Å². The van der Waals surface area contributed by atoms with Crippen molar-refractivity contribution in [2.24, 2.45) is 5.73 Å². The number of imidazole rings is 2. The number of fused-ring (bicyclic) bond motifs is 2. The Morgan fingerprint density at radius 1 is 0.636 bits per heavy atom. The van der Waals surface area contributed by atoms with Gasteiger partial charge in [0.2, 0.25) is 5.88 Å². The van der Waals surface area contributed by atoms with E-state index in [1.807, 2.05) is 128 Å². The first-order valence-corrected chi connectivity index (χ1v) is 17.2. The molecule has 8 aromatic heterocycles. The number of carbonyl (C=O) groups excluding carboxylic acids is 1. The fourth-order valence-electron chi connectivity index (χ4n) is 6.09. The minimum absolute atomic E-state index is 0.343. The molecule has 55 heavy (non-hydrogen) atoms. The Bertz CT molecular complexity index is 2830. The SMILES string of the molecule is N#Cc1cnc2ccc(-c3cccnc3-c3cccc(OCc4ccccc4)n3)cn12.NC(=O)c1cnc2ccc(-c3cccnc3-c3ccccn3)cn12. The molecule has 0 fully saturated rings. The molecule has 12 heteroatoms. The molecule has 12 nitrogen and oxygen atoms in total. The largest absolute Gasteiger partial charge is 0.473 e. The topological polar surface area (TPSA) is 162 Å². The lowest BCUT2D eigenvalue weighted by Crippen LogP contribution is -2.13. The summed E-state index contributed by atoms with van der Waals surface area (Å²) in [6.45, 7) is 0.445. The van der Waals surface area contributed by atoms with E-state index < -0.39 is 5.91 Å². The summed E-state index contributed by atoms with van der Waals surface area (Å²) in [7, 11) is 0. The first-order valence-electron chi connectivity index (χ1n) is 17.2. The second-order valence-corrected chi connectivity index (χ2v) is 12.2. The Labute approximate surface area is 314 Å². The van der Waals surface area contributed by atoms with Crippen molar-refractivity contribution in [1.29, 1.82) is 5.26 Å². The monoisotopic (exact) mass is 718 g/mol. The maximum absolute atomic E-state index is 11.6. The third kappa shape index (κ3) is 7.21. The molecule has 0 atom stereocenters. The van der Waals surface area contributed by atoms with Crippen molar-refractivity contribution in [3.8, 4) is 57.0 Å². The summed E-state index contributed by atoms with van der Waals surface area (Å²) >= 11 is 0. The zero-order valence-electron chi connectivity index (χ0n) is 29.1. The molecular weight excluding hydrogens is 689 g/mol. The van der Waals surface area contributed by atoms with Gasteiger partial charge in [-0.05, 0) is 60.2 Å². The third-order valence-electron chi connectivity index (χ3n) is 8.72. The highest BCUT2D eigenvalue weighted by Crippen LogP contribution is 2.31. The van der Waals surface area contributed by atoms with Crippen LogP contribution in [0.3, 0.4) is 0 Å². The molecule has 264 valence electrons. The Hall–Kier alpha value is -8.04. The number of nitriles is 1. The van der Waals surface area contributed by atoms with Crippen LogP contribution in [0.2, 0.25) is 0 Å². The number of rotatable bonds is 8. The van der Waals surface area contributed by atoms with Crippen LogP contribution in [-0.2, 0) is 6.61 Å². The smallest absolute Gasteiger partial charge is 0.267 e. The minimum Gasteiger partial charge on any atom is -0.473 e. The number of benzene rings is 1. The summed E-state index contributed by atoms with van der Waals surface area (Å²) in [6.07, 6.45) is 12.0. The van der Waals surface area contributed by atoms with Crippen molar-refractivity contribution in [2.45, 2.75) is 6.61 Å². The zero-order chi connectivity index (χ0) is 37.6. The van der Waals surface area contributed by atoms with Gasteiger partial charge in [-0.1, -0.05) is 54.6 Å². The Morgan fingerprint density at radius 2 is 1.27 bits per heavy atom. The molecule has 0 saturated carbocycles. The number of nitrogens with two attached hydrogens (primary N) is 1. The van der Waals surface area contributed by atoms with Gasteiger partial charge in [0, 0.05) is 59.3 Å². The van der Waals surface area contributed by atoms with Crippen LogP contribution in [0.5, 0.6) is 5.88 Å². The highest BCUT2D eigenvalue weighted by molar-refractivity contribution is 5.92. The van der Waals surface area contributed by atoms with Crippen molar-refractivity contribution >= 4 is 17.2 Å². The van der Waals surface area contributed by atoms with Gasteiger partial charge in [-0.3, -0.25) is 28.5 Å². The van der Waals surface area contributed by atoms with Gasteiger partial charge >= 0.3 is 0 Å². The van der Waals surface area contributed by atoms with Crippen LogP contribution in [0.4, 0.5) is 0 Å². The molecule has 0 unspecified atom stereocenters. The first-order chi connectivity index (χ1) is 27.1. The van der Waals surface area contributed by atoms with E-state index in [9.17, 15) is 10.1 Å². The molecule has 0 saturated heterocycles. The van der Waals surface area contributed by atoms with Crippen LogP contribution in [0.1, 0.15) is 21.7 Å². The number of aromatic nitrogens is 8. The Kier molecular flexibility index (Phi) is 9.47. The van der Waals surface area contributed by atoms with Crippen LogP contribution in [-0.4, -0.2) is 44.6 Å². The fourth-order valence-corrected chi connectivity index (χ4v) is 6.09. The predicted octanol–water partition coefficient (Wildman–Crippen LogP) is 7.47. The van der Waals surface area contributed by atoms with Gasteiger partial charge in [0.1, 0.15) is 35.4 Å². The highest BCUT2D eigenvalue weighted by Gasteiger charge is 2.15. The van der Waals surface area contributed by atoms with Crippen LogP contribution in [0.25, 0.3) is 56.3 Å². The number of nitrogens with zero attached hydrogens (tertiary/aromatic N) is 9. The average molecular weight is 719 g/mol. The number of primary amides is 1. The number of carbonyl (C=O) groups is 1. The van der Waals surface area contributed by atoms with Gasteiger partial charge < -0.3 is 10.5 Å². The van der Waals surface area contributed by atoms with Crippen molar-refractivity contribution in [1.82, 2.24) is 38.7 Å². The predicted molar refractivity (Wildman–Crippen MR) is 207 cm³/mol. The second kappa shape index (κ2) is 15.3. The van der Waals surface area contributed by atoms with Crippen molar-refractivity contribution < 1.29 is 9.53 Å². The van der Waals surface area contributed by atoms with Crippen LogP contribution < -0.4 is 10.5 Å². The van der Waals surface area contributed by atoms with E-state index in [2.05, 4.69) is 36.0 Å². The van der Waals surface area contributed by atoms with Gasteiger partial charge in [0.05, 0.1) is 35.2 Å². The summed E-state index contributed by atoms with van der Waals surface area (Å²) in [5, 5.41) is 9.33. The molecule has 8 heterocycles. The molecular formula is C43H30N10O2. The average Bonchev–Trinajstić information content (AvgIpc) is 3.88. The quantitative estimate of drug-likeness (QED) is 0.168. The molecule has 0 bridgehead atoms. The lowest BCUT2D eigenvalue weighted by molar-refractivity contribution is 0.0994. The molecule has 0 aliphatic rings. The van der Waals surface area contributed by atoms with E-state index >= 15 is 0 Å². The van der Waals surface area contributed by atoms with Crippen molar-refractivity contribution in [2.75, 3.05) is 0 Å². The third-order valence-corrected chi connectivity index (χ3v) is 8.72. The summed E-state index contributed by atoms with van der Waals surface area (Å²) in [5.74, 6) is 0.0190. The summed E-state index contributed by atoms with van der Waals surface area (Å²) in [4.78, 5) is 38.1.